The van der Waals surface area contributed by atoms with E-state index in [0.717, 1.165) is 19.4 Å². The first kappa shape index (κ1) is 21.5. The molecule has 1 heterocycles. The van der Waals surface area contributed by atoms with Gasteiger partial charge in [-0.2, -0.15) is 0 Å². The fraction of sp³-hybridized carbons (Fsp3) is 0.619. The summed E-state index contributed by atoms with van der Waals surface area (Å²) in [5, 5.41) is 3.70. The van der Waals surface area contributed by atoms with Crippen LogP contribution in [0.25, 0.3) is 0 Å². The van der Waals surface area contributed by atoms with E-state index in [-0.39, 0.29) is 17.2 Å². The lowest BCUT2D eigenvalue weighted by Crippen LogP contribution is -2.52. The summed E-state index contributed by atoms with van der Waals surface area (Å²) in [6.07, 6.45) is 5.97. The molecule has 2 fully saturated rings. The molecule has 0 aromatic heterocycles. The van der Waals surface area contributed by atoms with Gasteiger partial charge in [-0.15, -0.1) is 11.8 Å². The number of nitrogens with one attached hydrogen (secondary N) is 1. The second-order valence-electron chi connectivity index (χ2n) is 7.95. The van der Waals surface area contributed by atoms with Gasteiger partial charge in [0.15, 0.2) is 0 Å². The van der Waals surface area contributed by atoms with Crippen molar-refractivity contribution >= 4 is 35.2 Å². The molecule has 154 valence electrons. The lowest BCUT2D eigenvalue weighted by atomic mass is 9.88. The number of halogens is 1. The van der Waals surface area contributed by atoms with E-state index in [1.807, 2.05) is 23.9 Å². The number of carbonyl (C=O) groups excluding carboxylic acids is 2. The molecule has 1 aromatic rings. The third-order valence-corrected chi connectivity index (χ3v) is 7.29. The summed E-state index contributed by atoms with van der Waals surface area (Å²) in [6.45, 7) is 1.37. The number of thioether (sulfide) groups is 1. The van der Waals surface area contributed by atoms with Crippen LogP contribution in [0.5, 0.6) is 0 Å². The van der Waals surface area contributed by atoms with E-state index in [1.165, 1.54) is 19.3 Å². The van der Waals surface area contributed by atoms with E-state index in [4.69, 9.17) is 11.6 Å². The van der Waals surface area contributed by atoms with Gasteiger partial charge >= 0.3 is 0 Å². The van der Waals surface area contributed by atoms with Crippen molar-refractivity contribution in [2.45, 2.75) is 43.5 Å². The highest BCUT2D eigenvalue weighted by Crippen LogP contribution is 2.41. The average molecular weight is 424 g/mol. The van der Waals surface area contributed by atoms with Crippen LogP contribution in [0.4, 0.5) is 0 Å². The SMILES string of the molecule is CN(C)CCNC(=O)C1CSC(C2CCCCC2)N1C(=O)c1ccc(Cl)cc1. The van der Waals surface area contributed by atoms with Gasteiger partial charge < -0.3 is 15.1 Å². The lowest BCUT2D eigenvalue weighted by molar-refractivity contribution is -0.125. The molecule has 1 saturated carbocycles. The molecule has 2 unspecified atom stereocenters. The van der Waals surface area contributed by atoms with Crippen molar-refractivity contribution in [1.82, 2.24) is 15.1 Å². The molecule has 1 N–H and O–H groups in total. The number of amides is 2. The summed E-state index contributed by atoms with van der Waals surface area (Å²) >= 11 is 7.76. The zero-order chi connectivity index (χ0) is 20.1. The quantitative estimate of drug-likeness (QED) is 0.761. The van der Waals surface area contributed by atoms with Crippen LogP contribution in [0.1, 0.15) is 42.5 Å². The molecular formula is C21H30ClN3O2S. The Morgan fingerprint density at radius 1 is 1.18 bits per heavy atom. The smallest absolute Gasteiger partial charge is 0.255 e. The van der Waals surface area contributed by atoms with Crippen molar-refractivity contribution in [3.05, 3.63) is 34.9 Å². The molecule has 1 aromatic carbocycles. The van der Waals surface area contributed by atoms with Gasteiger partial charge in [0, 0.05) is 29.4 Å². The number of nitrogens with zero attached hydrogens (tertiary/aromatic N) is 2. The topological polar surface area (TPSA) is 52.7 Å². The molecule has 5 nitrogen and oxygen atoms in total. The van der Waals surface area contributed by atoms with Crippen molar-refractivity contribution in [2.75, 3.05) is 32.9 Å². The Labute approximate surface area is 177 Å². The molecule has 2 amide bonds. The summed E-state index contributed by atoms with van der Waals surface area (Å²) in [5.41, 5.74) is 0.596. The Hall–Kier alpha value is -1.24. The fourth-order valence-electron chi connectivity index (χ4n) is 4.03. The third-order valence-electron chi connectivity index (χ3n) is 5.57. The number of carbonyl (C=O) groups is 2. The van der Waals surface area contributed by atoms with Gasteiger partial charge in [-0.25, -0.2) is 0 Å². The molecule has 1 aliphatic heterocycles. The molecule has 0 radical (unpaired) electrons. The molecule has 0 spiro atoms. The van der Waals surface area contributed by atoms with Crippen molar-refractivity contribution in [1.29, 1.82) is 0 Å². The molecule has 0 bridgehead atoms. The van der Waals surface area contributed by atoms with E-state index in [2.05, 4.69) is 5.32 Å². The standard InChI is InChI=1S/C21H30ClN3O2S/c1-24(2)13-12-23-19(26)18-14-28-21(16-6-4-3-5-7-16)25(18)20(27)15-8-10-17(22)11-9-15/h8-11,16,18,21H,3-7,12-14H2,1-2H3,(H,23,26). The monoisotopic (exact) mass is 423 g/mol. The molecule has 1 aliphatic carbocycles. The van der Waals surface area contributed by atoms with Gasteiger partial charge in [-0.05, 0) is 57.1 Å². The van der Waals surface area contributed by atoms with E-state index in [0.29, 0.717) is 28.8 Å². The van der Waals surface area contributed by atoms with Crippen LogP contribution in [0.3, 0.4) is 0 Å². The summed E-state index contributed by atoms with van der Waals surface area (Å²) in [4.78, 5) is 30.2. The maximum Gasteiger partial charge on any atom is 0.255 e. The van der Waals surface area contributed by atoms with Crippen LogP contribution in [0.15, 0.2) is 24.3 Å². The normalized spacial score (nSPS) is 23.2. The first-order valence-corrected chi connectivity index (χ1v) is 11.5. The highest BCUT2D eigenvalue weighted by molar-refractivity contribution is 8.00. The first-order chi connectivity index (χ1) is 13.5. The molecule has 1 saturated heterocycles. The maximum atomic E-state index is 13.4. The van der Waals surface area contributed by atoms with Gasteiger partial charge in [0.1, 0.15) is 6.04 Å². The number of rotatable bonds is 6. The van der Waals surface area contributed by atoms with Gasteiger partial charge in [0.25, 0.3) is 5.91 Å². The molecule has 28 heavy (non-hydrogen) atoms. The fourth-order valence-corrected chi connectivity index (χ4v) is 5.80. The molecule has 2 aliphatic rings. The average Bonchev–Trinajstić information content (AvgIpc) is 3.13. The predicted molar refractivity (Wildman–Crippen MR) is 116 cm³/mol. The van der Waals surface area contributed by atoms with Gasteiger partial charge in [-0.1, -0.05) is 30.9 Å². The zero-order valence-corrected chi connectivity index (χ0v) is 18.3. The van der Waals surface area contributed by atoms with Crippen molar-refractivity contribution in [3.63, 3.8) is 0 Å². The number of hydrogen-bond donors (Lipinski definition) is 1. The van der Waals surface area contributed by atoms with Crippen LogP contribution < -0.4 is 5.32 Å². The molecule has 3 rings (SSSR count). The Balaban J connectivity index is 1.78. The van der Waals surface area contributed by atoms with Crippen LogP contribution in [0.2, 0.25) is 5.02 Å². The summed E-state index contributed by atoms with van der Waals surface area (Å²) in [5.74, 6) is 1.02. The Bertz CT molecular complexity index is 677. The number of hydrogen-bond acceptors (Lipinski definition) is 4. The number of benzene rings is 1. The third kappa shape index (κ3) is 5.22. The van der Waals surface area contributed by atoms with Gasteiger partial charge in [0.2, 0.25) is 5.91 Å². The molecular weight excluding hydrogens is 394 g/mol. The van der Waals surface area contributed by atoms with E-state index >= 15 is 0 Å². The van der Waals surface area contributed by atoms with Gasteiger partial charge in [0.05, 0.1) is 5.37 Å². The number of likely N-dealkylation sites (N-methyl/N-ethyl adjacent to an activating group) is 1. The summed E-state index contributed by atoms with van der Waals surface area (Å²) in [6, 6.07) is 6.57. The van der Waals surface area contributed by atoms with Crippen LogP contribution in [0, 0.1) is 5.92 Å². The molecule has 7 heteroatoms. The maximum absolute atomic E-state index is 13.4. The summed E-state index contributed by atoms with van der Waals surface area (Å²) < 4.78 is 0. The van der Waals surface area contributed by atoms with Crippen LogP contribution in [-0.2, 0) is 4.79 Å². The second-order valence-corrected chi connectivity index (χ2v) is 9.54. The van der Waals surface area contributed by atoms with Crippen molar-refractivity contribution in [3.8, 4) is 0 Å². The van der Waals surface area contributed by atoms with E-state index < -0.39 is 6.04 Å². The zero-order valence-electron chi connectivity index (χ0n) is 16.7. The van der Waals surface area contributed by atoms with E-state index in [9.17, 15) is 9.59 Å². The largest absolute Gasteiger partial charge is 0.353 e. The highest BCUT2D eigenvalue weighted by atomic mass is 35.5. The minimum absolute atomic E-state index is 0.0463. The Morgan fingerprint density at radius 2 is 1.86 bits per heavy atom. The van der Waals surface area contributed by atoms with Crippen molar-refractivity contribution < 1.29 is 9.59 Å². The summed E-state index contributed by atoms with van der Waals surface area (Å²) in [7, 11) is 3.96. The minimum atomic E-state index is -0.415. The second kappa shape index (κ2) is 9.99. The van der Waals surface area contributed by atoms with E-state index in [1.54, 1.807) is 36.0 Å². The van der Waals surface area contributed by atoms with Crippen molar-refractivity contribution in [2.24, 2.45) is 5.92 Å². The Morgan fingerprint density at radius 3 is 2.50 bits per heavy atom. The van der Waals surface area contributed by atoms with Gasteiger partial charge in [-0.3, -0.25) is 9.59 Å². The van der Waals surface area contributed by atoms with Crippen LogP contribution in [-0.4, -0.2) is 66.0 Å². The first-order valence-electron chi connectivity index (χ1n) is 10.1. The van der Waals surface area contributed by atoms with Crippen LogP contribution >= 0.6 is 23.4 Å². The highest BCUT2D eigenvalue weighted by Gasteiger charge is 2.45. The Kier molecular flexibility index (Phi) is 7.66. The predicted octanol–water partition coefficient (Wildman–Crippen LogP) is 3.48. The molecule has 2 atom stereocenters. The minimum Gasteiger partial charge on any atom is -0.353 e. The lowest BCUT2D eigenvalue weighted by Gasteiger charge is -2.35.